The molecule has 3 aromatic rings. The first kappa shape index (κ1) is 20.8. The zero-order valence-corrected chi connectivity index (χ0v) is 18.5. The summed E-state index contributed by atoms with van der Waals surface area (Å²) >= 11 is 0. The van der Waals surface area contributed by atoms with E-state index < -0.39 is 10.0 Å². The van der Waals surface area contributed by atoms with Crippen LogP contribution in [0, 0.1) is 0 Å². The van der Waals surface area contributed by atoms with Gasteiger partial charge in [-0.15, -0.1) is 0 Å². The van der Waals surface area contributed by atoms with Crippen molar-refractivity contribution in [1.29, 1.82) is 0 Å². The van der Waals surface area contributed by atoms with Gasteiger partial charge in [-0.05, 0) is 73.2 Å². The zero-order valence-electron chi connectivity index (χ0n) is 17.6. The third-order valence-electron chi connectivity index (χ3n) is 6.14. The van der Waals surface area contributed by atoms with Gasteiger partial charge in [-0.2, -0.15) is 4.31 Å². The summed E-state index contributed by atoms with van der Waals surface area (Å²) in [5.41, 5.74) is 3.31. The van der Waals surface area contributed by atoms with Crippen LogP contribution < -0.4 is 5.32 Å². The Hall–Kier alpha value is -3.03. The van der Waals surface area contributed by atoms with Crippen molar-refractivity contribution in [3.8, 4) is 0 Å². The lowest BCUT2D eigenvalue weighted by Gasteiger charge is -2.22. The molecule has 1 aromatic heterocycles. The van der Waals surface area contributed by atoms with E-state index >= 15 is 0 Å². The number of fused-ring (bicyclic) bond motifs is 1. The molecule has 0 aliphatic heterocycles. The summed E-state index contributed by atoms with van der Waals surface area (Å²) in [6, 6.07) is 19.8. The minimum absolute atomic E-state index is 0.0174. The SMILES string of the molecule is O=C(N[C@@H]1CCc2ccc(S(=O)(=O)N(Cc3ccccn3)C3CC3)cc21)c1ccccc1. The van der Waals surface area contributed by atoms with Crippen molar-refractivity contribution in [1.82, 2.24) is 14.6 Å². The molecule has 6 nitrogen and oxygen atoms in total. The van der Waals surface area contributed by atoms with Gasteiger partial charge in [-0.3, -0.25) is 9.78 Å². The minimum Gasteiger partial charge on any atom is -0.345 e. The Kier molecular flexibility index (Phi) is 5.53. The van der Waals surface area contributed by atoms with Crippen LogP contribution in [0.1, 0.15) is 52.5 Å². The fourth-order valence-electron chi connectivity index (χ4n) is 4.28. The molecule has 0 bridgehead atoms. The van der Waals surface area contributed by atoms with E-state index in [9.17, 15) is 13.2 Å². The molecule has 1 amide bonds. The van der Waals surface area contributed by atoms with Gasteiger partial charge in [0.1, 0.15) is 0 Å². The molecular formula is C25H25N3O3S. The molecular weight excluding hydrogens is 422 g/mol. The first-order valence-electron chi connectivity index (χ1n) is 10.9. The molecule has 1 fully saturated rings. The number of hydrogen-bond acceptors (Lipinski definition) is 4. The van der Waals surface area contributed by atoms with Crippen LogP contribution in [0.15, 0.2) is 77.8 Å². The summed E-state index contributed by atoms with van der Waals surface area (Å²) in [5, 5.41) is 3.08. The molecule has 164 valence electrons. The summed E-state index contributed by atoms with van der Waals surface area (Å²) in [6.07, 6.45) is 5.00. The number of pyridine rings is 1. The molecule has 2 aliphatic rings. The van der Waals surface area contributed by atoms with Crippen LogP contribution in [0.4, 0.5) is 0 Å². The minimum atomic E-state index is -3.68. The smallest absolute Gasteiger partial charge is 0.251 e. The molecule has 1 saturated carbocycles. The normalized spacial score (nSPS) is 17.8. The van der Waals surface area contributed by atoms with Crippen molar-refractivity contribution in [3.63, 3.8) is 0 Å². The highest BCUT2D eigenvalue weighted by atomic mass is 32.2. The lowest BCUT2D eigenvalue weighted by molar-refractivity contribution is 0.0936. The van der Waals surface area contributed by atoms with Crippen LogP contribution in [0.3, 0.4) is 0 Å². The van der Waals surface area contributed by atoms with Crippen molar-refractivity contribution in [2.45, 2.75) is 49.2 Å². The summed E-state index contributed by atoms with van der Waals surface area (Å²) in [4.78, 5) is 17.2. The van der Waals surface area contributed by atoms with Crippen LogP contribution in [-0.2, 0) is 23.0 Å². The number of aryl methyl sites for hydroxylation is 1. The number of benzene rings is 2. The molecule has 1 heterocycles. The second kappa shape index (κ2) is 8.48. The number of carbonyl (C=O) groups excluding carboxylic acids is 1. The van der Waals surface area contributed by atoms with Gasteiger partial charge in [0, 0.05) is 17.8 Å². The Morgan fingerprint density at radius 1 is 1.00 bits per heavy atom. The number of amides is 1. The average Bonchev–Trinajstić information content (AvgIpc) is 3.59. The van der Waals surface area contributed by atoms with E-state index in [4.69, 9.17) is 0 Å². The number of rotatable bonds is 7. The predicted octanol–water partition coefficient (Wildman–Crippen LogP) is 3.85. The van der Waals surface area contributed by atoms with Crippen molar-refractivity contribution < 1.29 is 13.2 Å². The summed E-state index contributed by atoms with van der Waals surface area (Å²) < 4.78 is 28.7. The lowest BCUT2D eigenvalue weighted by Crippen LogP contribution is -2.33. The zero-order chi connectivity index (χ0) is 22.1. The van der Waals surface area contributed by atoms with Crippen LogP contribution in [0.25, 0.3) is 0 Å². The highest BCUT2D eigenvalue weighted by molar-refractivity contribution is 7.89. The molecule has 0 unspecified atom stereocenters. The van der Waals surface area contributed by atoms with Crippen LogP contribution >= 0.6 is 0 Å². The van der Waals surface area contributed by atoms with Gasteiger partial charge < -0.3 is 5.32 Å². The Morgan fingerprint density at radius 2 is 1.78 bits per heavy atom. The number of sulfonamides is 1. The van der Waals surface area contributed by atoms with Gasteiger partial charge in [0.05, 0.1) is 23.2 Å². The molecule has 2 aromatic carbocycles. The van der Waals surface area contributed by atoms with Crippen molar-refractivity contribution >= 4 is 15.9 Å². The van der Waals surface area contributed by atoms with Crippen molar-refractivity contribution in [2.75, 3.05) is 0 Å². The number of nitrogens with one attached hydrogen (secondary N) is 1. The topological polar surface area (TPSA) is 79.4 Å². The number of aromatic nitrogens is 1. The molecule has 1 N–H and O–H groups in total. The van der Waals surface area contributed by atoms with Gasteiger partial charge in [0.2, 0.25) is 10.0 Å². The Morgan fingerprint density at radius 3 is 2.50 bits per heavy atom. The van der Waals surface area contributed by atoms with E-state index in [0.29, 0.717) is 5.56 Å². The van der Waals surface area contributed by atoms with Gasteiger partial charge >= 0.3 is 0 Å². The predicted molar refractivity (Wildman–Crippen MR) is 121 cm³/mol. The van der Waals surface area contributed by atoms with E-state index in [1.807, 2.05) is 42.5 Å². The standard InChI is InChI=1S/C25H25N3O3S/c29-25(19-6-2-1-3-7-19)27-24-14-10-18-9-13-22(16-23(18)24)32(30,31)28(21-11-12-21)17-20-8-4-5-15-26-20/h1-9,13,15-16,21,24H,10-12,14,17H2,(H,27,29)/t24-/m1/s1. The summed E-state index contributed by atoms with van der Waals surface area (Å²) in [7, 11) is -3.68. The summed E-state index contributed by atoms with van der Waals surface area (Å²) in [6.45, 7) is 0.263. The first-order chi connectivity index (χ1) is 15.5. The average molecular weight is 448 g/mol. The first-order valence-corrected chi connectivity index (χ1v) is 12.4. The second-order valence-corrected chi connectivity index (χ2v) is 10.3. The van der Waals surface area contributed by atoms with Gasteiger partial charge in [-0.25, -0.2) is 8.42 Å². The summed E-state index contributed by atoms with van der Waals surface area (Å²) in [5.74, 6) is -0.147. The molecule has 7 heteroatoms. The van der Waals surface area contributed by atoms with E-state index in [0.717, 1.165) is 42.5 Å². The third-order valence-corrected chi connectivity index (χ3v) is 8.04. The van der Waals surface area contributed by atoms with Crippen molar-refractivity contribution in [2.24, 2.45) is 0 Å². The van der Waals surface area contributed by atoms with Gasteiger partial charge in [-0.1, -0.05) is 30.3 Å². The number of carbonyl (C=O) groups is 1. The molecule has 1 atom stereocenters. The van der Waals surface area contributed by atoms with E-state index in [-0.39, 0.29) is 29.4 Å². The van der Waals surface area contributed by atoms with Crippen LogP contribution in [0.2, 0.25) is 0 Å². The molecule has 0 saturated heterocycles. The van der Waals surface area contributed by atoms with Gasteiger partial charge in [0.25, 0.3) is 5.91 Å². The Bertz CT molecular complexity index is 1230. The Labute approximate surface area is 188 Å². The molecule has 0 spiro atoms. The quantitative estimate of drug-likeness (QED) is 0.597. The molecule has 32 heavy (non-hydrogen) atoms. The lowest BCUT2D eigenvalue weighted by atomic mass is 10.1. The molecule has 5 rings (SSSR count). The third kappa shape index (κ3) is 4.18. The van der Waals surface area contributed by atoms with Crippen LogP contribution in [0.5, 0.6) is 0 Å². The Balaban J connectivity index is 1.41. The largest absolute Gasteiger partial charge is 0.345 e. The number of nitrogens with zero attached hydrogens (tertiary/aromatic N) is 2. The monoisotopic (exact) mass is 447 g/mol. The van der Waals surface area contributed by atoms with Gasteiger partial charge in [0.15, 0.2) is 0 Å². The van der Waals surface area contributed by atoms with E-state index in [2.05, 4.69) is 10.3 Å². The fraction of sp³-hybridized carbons (Fsp3) is 0.280. The molecule has 0 radical (unpaired) electrons. The van der Waals surface area contributed by atoms with E-state index in [1.165, 1.54) is 0 Å². The van der Waals surface area contributed by atoms with E-state index in [1.54, 1.807) is 34.8 Å². The molecule has 2 aliphatic carbocycles. The van der Waals surface area contributed by atoms with Crippen molar-refractivity contribution in [3.05, 3.63) is 95.3 Å². The maximum absolute atomic E-state index is 13.6. The fourth-order valence-corrected chi connectivity index (χ4v) is 5.97. The maximum atomic E-state index is 13.6. The highest BCUT2D eigenvalue weighted by Crippen LogP contribution is 2.37. The second-order valence-electron chi connectivity index (χ2n) is 8.39. The maximum Gasteiger partial charge on any atom is 0.251 e. The highest BCUT2D eigenvalue weighted by Gasteiger charge is 2.39. The number of hydrogen-bond donors (Lipinski definition) is 1. The van der Waals surface area contributed by atoms with Crippen LogP contribution in [-0.4, -0.2) is 29.7 Å².